The van der Waals surface area contributed by atoms with Gasteiger partial charge < -0.3 is 19.9 Å². The highest BCUT2D eigenvalue weighted by Crippen LogP contribution is 2.24. The Morgan fingerprint density at radius 2 is 1.96 bits per heavy atom. The first kappa shape index (κ1) is 19.4. The van der Waals surface area contributed by atoms with E-state index in [0.717, 1.165) is 0 Å². The fraction of sp³-hybridized carbons (Fsp3) is 0.158. The second-order valence-electron chi connectivity index (χ2n) is 5.80. The zero-order valence-corrected chi connectivity index (χ0v) is 16.2. The molecule has 2 amide bonds. The van der Waals surface area contributed by atoms with Crippen molar-refractivity contribution in [3.05, 3.63) is 60.4 Å². The van der Waals surface area contributed by atoms with Gasteiger partial charge in [-0.15, -0.1) is 10.2 Å². The number of amides is 2. The summed E-state index contributed by atoms with van der Waals surface area (Å²) >= 11 is 1.28. The summed E-state index contributed by atoms with van der Waals surface area (Å²) in [7, 11) is 3.35. The monoisotopic (exact) mass is 397 g/mol. The van der Waals surface area contributed by atoms with Crippen LogP contribution >= 0.6 is 11.8 Å². The number of benzene rings is 2. The van der Waals surface area contributed by atoms with E-state index in [1.165, 1.54) is 11.8 Å². The molecule has 2 N–H and O–H groups in total. The van der Waals surface area contributed by atoms with Crippen molar-refractivity contribution in [3.63, 3.8) is 0 Å². The lowest BCUT2D eigenvalue weighted by Gasteiger charge is -2.11. The number of methoxy groups -OCH3 is 1. The SMILES string of the molecule is COc1ccccc1NC(=O)c1cccc(NC(=O)CSc2nncn2C)c1. The Bertz CT molecular complexity index is 989. The number of para-hydroxylation sites is 2. The molecule has 0 atom stereocenters. The second kappa shape index (κ2) is 9.05. The molecule has 2 aromatic carbocycles. The van der Waals surface area contributed by atoms with Gasteiger partial charge in [-0.1, -0.05) is 30.0 Å². The summed E-state index contributed by atoms with van der Waals surface area (Å²) in [6, 6.07) is 13.9. The van der Waals surface area contributed by atoms with E-state index in [2.05, 4.69) is 20.8 Å². The molecular weight excluding hydrogens is 378 g/mol. The van der Waals surface area contributed by atoms with Crippen LogP contribution in [0, 0.1) is 0 Å². The molecule has 8 nitrogen and oxygen atoms in total. The maximum Gasteiger partial charge on any atom is 0.255 e. The first-order valence-electron chi connectivity index (χ1n) is 8.38. The number of anilines is 2. The van der Waals surface area contributed by atoms with E-state index in [4.69, 9.17) is 4.74 Å². The zero-order chi connectivity index (χ0) is 19.9. The largest absolute Gasteiger partial charge is 0.495 e. The smallest absolute Gasteiger partial charge is 0.255 e. The summed E-state index contributed by atoms with van der Waals surface area (Å²) in [6.07, 6.45) is 1.57. The Morgan fingerprint density at radius 3 is 2.71 bits per heavy atom. The molecule has 0 fully saturated rings. The molecule has 1 heterocycles. The van der Waals surface area contributed by atoms with Gasteiger partial charge in [-0.25, -0.2) is 0 Å². The zero-order valence-electron chi connectivity index (χ0n) is 15.4. The summed E-state index contributed by atoms with van der Waals surface area (Å²) in [5.74, 6) is 0.259. The minimum absolute atomic E-state index is 0.185. The molecule has 0 aliphatic rings. The summed E-state index contributed by atoms with van der Waals surface area (Å²) in [5, 5.41) is 13.9. The number of carbonyl (C=O) groups is 2. The van der Waals surface area contributed by atoms with Crippen LogP contribution in [0.5, 0.6) is 5.75 Å². The standard InChI is InChI=1S/C19H19N5O3S/c1-24-12-20-23-19(24)28-11-17(25)21-14-7-5-6-13(10-14)18(26)22-15-8-3-4-9-16(15)27-2/h3-10,12H,11H2,1-2H3,(H,21,25)(H,22,26). The topological polar surface area (TPSA) is 98.1 Å². The lowest BCUT2D eigenvalue weighted by atomic mass is 10.1. The summed E-state index contributed by atoms with van der Waals surface area (Å²) in [5.41, 5.74) is 1.53. The van der Waals surface area contributed by atoms with Gasteiger partial charge >= 0.3 is 0 Å². The second-order valence-corrected chi connectivity index (χ2v) is 6.74. The lowest BCUT2D eigenvalue weighted by molar-refractivity contribution is -0.113. The molecule has 0 radical (unpaired) electrons. The molecule has 9 heteroatoms. The molecule has 0 aliphatic heterocycles. The first-order chi connectivity index (χ1) is 13.6. The number of thioether (sulfide) groups is 1. The van der Waals surface area contributed by atoms with Crippen molar-refractivity contribution >= 4 is 35.0 Å². The molecule has 0 saturated heterocycles. The van der Waals surface area contributed by atoms with Gasteiger partial charge in [0.2, 0.25) is 5.91 Å². The number of aryl methyl sites for hydroxylation is 1. The van der Waals surface area contributed by atoms with Crippen molar-refractivity contribution in [2.45, 2.75) is 5.16 Å². The molecule has 0 spiro atoms. The Labute approximate surface area is 166 Å². The summed E-state index contributed by atoms with van der Waals surface area (Å²) < 4.78 is 6.98. The predicted octanol–water partition coefficient (Wildman–Crippen LogP) is 2.81. The van der Waals surface area contributed by atoms with E-state index in [1.807, 2.05) is 19.2 Å². The summed E-state index contributed by atoms with van der Waals surface area (Å²) in [4.78, 5) is 24.7. The van der Waals surface area contributed by atoms with Crippen molar-refractivity contribution in [2.75, 3.05) is 23.5 Å². The number of hydrogen-bond acceptors (Lipinski definition) is 6. The highest BCUT2D eigenvalue weighted by Gasteiger charge is 2.11. The molecule has 0 aliphatic carbocycles. The van der Waals surface area contributed by atoms with Gasteiger partial charge in [-0.2, -0.15) is 0 Å². The molecular formula is C19H19N5O3S. The number of aromatic nitrogens is 3. The quantitative estimate of drug-likeness (QED) is 0.595. The number of nitrogens with zero attached hydrogens (tertiary/aromatic N) is 3. The Hall–Kier alpha value is -3.33. The number of ether oxygens (including phenoxy) is 1. The molecule has 0 bridgehead atoms. The Balaban J connectivity index is 1.62. The van der Waals surface area contributed by atoms with E-state index < -0.39 is 0 Å². The molecule has 3 rings (SSSR count). The highest BCUT2D eigenvalue weighted by atomic mass is 32.2. The van der Waals surface area contributed by atoms with Crippen molar-refractivity contribution in [2.24, 2.45) is 7.05 Å². The number of carbonyl (C=O) groups excluding carboxylic acids is 2. The van der Waals surface area contributed by atoms with Crippen LogP contribution in [0.3, 0.4) is 0 Å². The molecule has 0 saturated carbocycles. The average Bonchev–Trinajstić information content (AvgIpc) is 3.12. The predicted molar refractivity (Wildman–Crippen MR) is 108 cm³/mol. The fourth-order valence-corrected chi connectivity index (χ4v) is 3.10. The van der Waals surface area contributed by atoms with Crippen LogP contribution in [0.25, 0.3) is 0 Å². The third-order valence-corrected chi connectivity index (χ3v) is 4.80. The normalized spacial score (nSPS) is 10.4. The summed E-state index contributed by atoms with van der Waals surface area (Å²) in [6.45, 7) is 0. The fourth-order valence-electron chi connectivity index (χ4n) is 2.41. The van der Waals surface area contributed by atoms with Crippen LogP contribution in [0.1, 0.15) is 10.4 Å². The minimum atomic E-state index is -0.297. The minimum Gasteiger partial charge on any atom is -0.495 e. The van der Waals surface area contributed by atoms with Crippen LogP contribution < -0.4 is 15.4 Å². The van der Waals surface area contributed by atoms with Crippen LogP contribution in [0.4, 0.5) is 11.4 Å². The molecule has 144 valence electrons. The maximum atomic E-state index is 12.5. The van der Waals surface area contributed by atoms with Gasteiger partial charge in [0.05, 0.1) is 18.6 Å². The van der Waals surface area contributed by atoms with Gasteiger partial charge in [0, 0.05) is 18.3 Å². The maximum absolute atomic E-state index is 12.5. The lowest BCUT2D eigenvalue weighted by Crippen LogP contribution is -2.16. The molecule has 3 aromatic rings. The van der Waals surface area contributed by atoms with Crippen molar-refractivity contribution in [1.82, 2.24) is 14.8 Å². The third kappa shape index (κ3) is 4.89. The van der Waals surface area contributed by atoms with E-state index in [-0.39, 0.29) is 17.6 Å². The Morgan fingerprint density at radius 1 is 1.14 bits per heavy atom. The van der Waals surface area contributed by atoms with Gasteiger partial charge in [-0.3, -0.25) is 9.59 Å². The Kier molecular flexibility index (Phi) is 6.28. The van der Waals surface area contributed by atoms with Crippen molar-refractivity contribution in [3.8, 4) is 5.75 Å². The van der Waals surface area contributed by atoms with Gasteiger partial charge in [0.15, 0.2) is 5.16 Å². The first-order valence-corrected chi connectivity index (χ1v) is 9.36. The van der Waals surface area contributed by atoms with Gasteiger partial charge in [0.25, 0.3) is 5.91 Å². The van der Waals surface area contributed by atoms with Crippen molar-refractivity contribution in [1.29, 1.82) is 0 Å². The van der Waals surface area contributed by atoms with E-state index >= 15 is 0 Å². The van der Waals surface area contributed by atoms with E-state index in [1.54, 1.807) is 54.4 Å². The van der Waals surface area contributed by atoms with Crippen LogP contribution in [0.15, 0.2) is 60.0 Å². The third-order valence-electron chi connectivity index (χ3n) is 3.77. The van der Waals surface area contributed by atoms with Crippen LogP contribution in [-0.2, 0) is 11.8 Å². The number of hydrogen-bond donors (Lipinski definition) is 2. The van der Waals surface area contributed by atoms with Crippen LogP contribution in [0.2, 0.25) is 0 Å². The number of nitrogens with one attached hydrogen (secondary N) is 2. The average molecular weight is 397 g/mol. The van der Waals surface area contributed by atoms with E-state index in [0.29, 0.717) is 27.8 Å². The van der Waals surface area contributed by atoms with Gasteiger partial charge in [-0.05, 0) is 30.3 Å². The van der Waals surface area contributed by atoms with Crippen molar-refractivity contribution < 1.29 is 14.3 Å². The number of rotatable bonds is 7. The van der Waals surface area contributed by atoms with E-state index in [9.17, 15) is 9.59 Å². The highest BCUT2D eigenvalue weighted by molar-refractivity contribution is 7.99. The molecule has 1 aromatic heterocycles. The van der Waals surface area contributed by atoms with Gasteiger partial charge in [0.1, 0.15) is 12.1 Å². The molecule has 28 heavy (non-hydrogen) atoms. The van der Waals surface area contributed by atoms with Crippen LogP contribution in [-0.4, -0.2) is 39.4 Å². The molecule has 0 unspecified atom stereocenters.